The zero-order valence-electron chi connectivity index (χ0n) is 10.2. The highest BCUT2D eigenvalue weighted by atomic mass is 79.9. The van der Waals surface area contributed by atoms with Crippen LogP contribution in [-0.4, -0.2) is 12.6 Å². The molecule has 0 heterocycles. The van der Waals surface area contributed by atoms with Gasteiger partial charge in [0.15, 0.2) is 0 Å². The molecule has 0 amide bonds. The molecule has 0 aromatic heterocycles. The van der Waals surface area contributed by atoms with E-state index in [4.69, 9.17) is 5.26 Å². The Morgan fingerprint density at radius 3 is 2.56 bits per heavy atom. The smallest absolute Gasteiger partial charge is 0.101 e. The first-order valence-electron chi connectivity index (χ1n) is 5.36. The van der Waals surface area contributed by atoms with Gasteiger partial charge in [-0.05, 0) is 38.5 Å². The maximum atomic E-state index is 9.10. The van der Waals surface area contributed by atoms with E-state index < -0.39 is 0 Å². The van der Waals surface area contributed by atoms with Crippen molar-refractivity contribution in [3.05, 3.63) is 28.2 Å². The third-order valence-electron chi connectivity index (χ3n) is 3.21. The molecule has 3 heteroatoms. The highest BCUT2D eigenvalue weighted by molar-refractivity contribution is 9.10. The zero-order chi connectivity index (χ0) is 12.3. The van der Waals surface area contributed by atoms with E-state index in [2.05, 4.69) is 47.7 Å². The van der Waals surface area contributed by atoms with E-state index >= 15 is 0 Å². The zero-order valence-corrected chi connectivity index (χ0v) is 11.8. The number of hydrogen-bond donors (Lipinski definition) is 0. The van der Waals surface area contributed by atoms with Crippen LogP contribution in [0, 0.1) is 11.3 Å². The number of nitrogens with zero attached hydrogens (tertiary/aromatic N) is 2. The van der Waals surface area contributed by atoms with Crippen LogP contribution in [0.2, 0.25) is 0 Å². The average Bonchev–Trinajstić information content (AvgIpc) is 2.28. The summed E-state index contributed by atoms with van der Waals surface area (Å²) in [6.07, 6.45) is 1.03. The molecule has 0 unspecified atom stereocenters. The van der Waals surface area contributed by atoms with E-state index in [9.17, 15) is 0 Å². The molecule has 0 N–H and O–H groups in total. The van der Waals surface area contributed by atoms with Crippen molar-refractivity contribution in [1.29, 1.82) is 5.26 Å². The molecule has 0 spiro atoms. The third kappa shape index (κ3) is 2.56. The minimum atomic E-state index is 0.0480. The highest BCUT2D eigenvalue weighted by Gasteiger charge is 2.23. The Morgan fingerprint density at radius 2 is 2.06 bits per heavy atom. The molecule has 0 aliphatic rings. The summed E-state index contributed by atoms with van der Waals surface area (Å²) in [7, 11) is 2.03. The van der Waals surface area contributed by atoms with Gasteiger partial charge in [0, 0.05) is 17.1 Å². The van der Waals surface area contributed by atoms with Gasteiger partial charge in [0.25, 0.3) is 0 Å². The first kappa shape index (κ1) is 13.1. The van der Waals surface area contributed by atoms with Gasteiger partial charge in [-0.3, -0.25) is 0 Å². The first-order chi connectivity index (χ1) is 7.42. The largest absolute Gasteiger partial charge is 0.368 e. The van der Waals surface area contributed by atoms with Crippen molar-refractivity contribution in [2.45, 2.75) is 32.7 Å². The summed E-state index contributed by atoms with van der Waals surface area (Å²) >= 11 is 3.45. The monoisotopic (exact) mass is 280 g/mol. The third-order valence-corrected chi connectivity index (χ3v) is 3.71. The van der Waals surface area contributed by atoms with E-state index in [-0.39, 0.29) is 5.54 Å². The standard InChI is InChI=1S/C13H17BrN2/c1-5-13(2,3)16(4)12-8-11(14)7-6-10(12)9-15/h6-8H,5H2,1-4H3. The molecule has 0 saturated carbocycles. The molecule has 16 heavy (non-hydrogen) atoms. The molecule has 2 nitrogen and oxygen atoms in total. The van der Waals surface area contributed by atoms with Gasteiger partial charge in [-0.2, -0.15) is 5.26 Å². The van der Waals surface area contributed by atoms with Crippen LogP contribution in [0.3, 0.4) is 0 Å². The van der Waals surface area contributed by atoms with Crippen LogP contribution in [0.15, 0.2) is 22.7 Å². The van der Waals surface area contributed by atoms with Gasteiger partial charge in [-0.15, -0.1) is 0 Å². The summed E-state index contributed by atoms with van der Waals surface area (Å²) in [6, 6.07) is 7.98. The molecule has 0 fully saturated rings. The van der Waals surface area contributed by atoms with Gasteiger partial charge in [0.1, 0.15) is 6.07 Å². The molecule has 0 saturated heterocycles. The summed E-state index contributed by atoms with van der Waals surface area (Å²) in [5.74, 6) is 0. The number of benzene rings is 1. The van der Waals surface area contributed by atoms with Crippen LogP contribution < -0.4 is 4.90 Å². The number of rotatable bonds is 3. The molecule has 0 aliphatic carbocycles. The van der Waals surface area contributed by atoms with Gasteiger partial charge in [0.2, 0.25) is 0 Å². The van der Waals surface area contributed by atoms with Crippen LogP contribution in [-0.2, 0) is 0 Å². The van der Waals surface area contributed by atoms with Crippen molar-refractivity contribution in [3.63, 3.8) is 0 Å². The summed E-state index contributed by atoms with van der Waals surface area (Å²) in [5.41, 5.74) is 1.74. The van der Waals surface area contributed by atoms with E-state index in [0.717, 1.165) is 16.6 Å². The Bertz CT molecular complexity index is 418. The molecule has 0 aliphatic heterocycles. The molecular formula is C13H17BrN2. The Morgan fingerprint density at radius 1 is 1.44 bits per heavy atom. The lowest BCUT2D eigenvalue weighted by atomic mass is 9.98. The van der Waals surface area contributed by atoms with Crippen LogP contribution in [0.4, 0.5) is 5.69 Å². The SMILES string of the molecule is CCC(C)(C)N(C)c1cc(Br)ccc1C#N. The Labute approximate surface area is 106 Å². The molecule has 1 aromatic carbocycles. The summed E-state index contributed by atoms with van der Waals surface area (Å²) < 4.78 is 1.00. The summed E-state index contributed by atoms with van der Waals surface area (Å²) in [5, 5.41) is 9.10. The lowest BCUT2D eigenvalue weighted by Gasteiger charge is -2.37. The molecule has 86 valence electrons. The Kier molecular flexibility index (Phi) is 3.98. The number of anilines is 1. The Hall–Kier alpha value is -1.01. The predicted molar refractivity (Wildman–Crippen MR) is 71.6 cm³/mol. The highest BCUT2D eigenvalue weighted by Crippen LogP contribution is 2.30. The summed E-state index contributed by atoms with van der Waals surface area (Å²) in [6.45, 7) is 6.50. The van der Waals surface area contributed by atoms with Crippen LogP contribution in [0.25, 0.3) is 0 Å². The van der Waals surface area contributed by atoms with E-state index in [1.165, 1.54) is 0 Å². The minimum Gasteiger partial charge on any atom is -0.368 e. The van der Waals surface area contributed by atoms with Crippen molar-refractivity contribution in [2.75, 3.05) is 11.9 Å². The van der Waals surface area contributed by atoms with Crippen molar-refractivity contribution in [1.82, 2.24) is 0 Å². The molecule has 1 aromatic rings. The normalized spacial score (nSPS) is 11.0. The second-order valence-corrected chi connectivity index (χ2v) is 5.41. The van der Waals surface area contributed by atoms with E-state index in [1.54, 1.807) is 0 Å². The van der Waals surface area contributed by atoms with Crippen molar-refractivity contribution in [2.24, 2.45) is 0 Å². The minimum absolute atomic E-state index is 0.0480. The van der Waals surface area contributed by atoms with Gasteiger partial charge >= 0.3 is 0 Å². The Balaban J connectivity index is 3.22. The van der Waals surface area contributed by atoms with Crippen LogP contribution in [0.1, 0.15) is 32.8 Å². The lowest BCUT2D eigenvalue weighted by molar-refractivity contribution is 0.470. The van der Waals surface area contributed by atoms with Crippen molar-refractivity contribution >= 4 is 21.6 Å². The maximum Gasteiger partial charge on any atom is 0.101 e. The number of hydrogen-bond acceptors (Lipinski definition) is 2. The van der Waals surface area contributed by atoms with Gasteiger partial charge in [0.05, 0.1) is 11.3 Å². The van der Waals surface area contributed by atoms with Crippen LogP contribution in [0.5, 0.6) is 0 Å². The fourth-order valence-electron chi connectivity index (χ4n) is 1.44. The molecular weight excluding hydrogens is 264 g/mol. The topological polar surface area (TPSA) is 27.0 Å². The van der Waals surface area contributed by atoms with Crippen molar-refractivity contribution < 1.29 is 0 Å². The summed E-state index contributed by atoms with van der Waals surface area (Å²) in [4.78, 5) is 2.16. The van der Waals surface area contributed by atoms with Gasteiger partial charge < -0.3 is 4.90 Å². The van der Waals surface area contributed by atoms with Gasteiger partial charge in [-0.1, -0.05) is 22.9 Å². The van der Waals surface area contributed by atoms with E-state index in [1.807, 2.05) is 25.2 Å². The number of halogens is 1. The maximum absolute atomic E-state index is 9.10. The molecule has 0 radical (unpaired) electrons. The van der Waals surface area contributed by atoms with Crippen molar-refractivity contribution in [3.8, 4) is 6.07 Å². The first-order valence-corrected chi connectivity index (χ1v) is 6.15. The number of nitriles is 1. The van der Waals surface area contributed by atoms with Crippen LogP contribution >= 0.6 is 15.9 Å². The van der Waals surface area contributed by atoms with E-state index in [0.29, 0.717) is 5.56 Å². The quantitative estimate of drug-likeness (QED) is 0.839. The molecule has 0 atom stereocenters. The average molecular weight is 281 g/mol. The predicted octanol–water partition coefficient (Wildman–Crippen LogP) is 3.95. The molecule has 0 bridgehead atoms. The van der Waals surface area contributed by atoms with Gasteiger partial charge in [-0.25, -0.2) is 0 Å². The fourth-order valence-corrected chi connectivity index (χ4v) is 1.79. The molecule has 1 rings (SSSR count). The second-order valence-electron chi connectivity index (χ2n) is 4.50. The second kappa shape index (κ2) is 4.88. The fraction of sp³-hybridized carbons (Fsp3) is 0.462. The lowest BCUT2D eigenvalue weighted by Crippen LogP contribution is -2.40.